The molecule has 4 unspecified atom stereocenters. The molecule has 4 rings (SSSR count). The van der Waals surface area contributed by atoms with Crippen molar-refractivity contribution in [1.29, 1.82) is 0 Å². The summed E-state index contributed by atoms with van der Waals surface area (Å²) in [6.07, 6.45) is 26.4. The van der Waals surface area contributed by atoms with Crippen molar-refractivity contribution < 1.29 is 72.6 Å². The van der Waals surface area contributed by atoms with E-state index in [1.807, 2.05) is 24.3 Å². The molecule has 4 aliphatic heterocycles. The summed E-state index contributed by atoms with van der Waals surface area (Å²) < 4.78 is 19.4. The maximum Gasteiger partial charge on any atom is 2.00 e. The molecule has 8 nitrogen and oxygen atoms in total. The first-order valence-electron chi connectivity index (χ1n) is 10.0. The third-order valence-corrected chi connectivity index (χ3v) is 3.73. The molecule has 0 aromatic rings. The Labute approximate surface area is 221 Å². The molecular formula is C24H28CoNiO8. The molecule has 0 spiro atoms. The summed E-state index contributed by atoms with van der Waals surface area (Å²) in [5.41, 5.74) is 0. The molecule has 4 aliphatic rings. The Balaban J connectivity index is 0. The molecule has 34 heavy (non-hydrogen) atoms. The molecule has 4 heterocycles. The van der Waals surface area contributed by atoms with E-state index in [9.17, 15) is 20.4 Å². The summed E-state index contributed by atoms with van der Waals surface area (Å²) in [6.45, 7) is -0.774. The van der Waals surface area contributed by atoms with E-state index < -0.39 is 0 Å². The zero-order valence-corrected chi connectivity index (χ0v) is 20.3. The fraction of sp³-hybridized carbons (Fsp3) is 0.333. The van der Waals surface area contributed by atoms with E-state index in [0.717, 1.165) is 0 Å². The fourth-order valence-corrected chi connectivity index (χ4v) is 2.08. The molecule has 0 aliphatic carbocycles. The van der Waals surface area contributed by atoms with Gasteiger partial charge in [-0.2, -0.15) is 0 Å². The van der Waals surface area contributed by atoms with Crippen molar-refractivity contribution >= 4 is 0 Å². The average molecular weight is 562 g/mol. The van der Waals surface area contributed by atoms with Crippen LogP contribution in [0, 0.1) is 0 Å². The first-order chi connectivity index (χ1) is 15.7. The van der Waals surface area contributed by atoms with E-state index in [1.165, 1.54) is 25.0 Å². The number of hydrogen-bond acceptors (Lipinski definition) is 8. The van der Waals surface area contributed by atoms with Gasteiger partial charge in [0.25, 0.3) is 0 Å². The Kier molecular flexibility index (Phi) is 24.2. The molecule has 191 valence electrons. The van der Waals surface area contributed by atoms with Crippen LogP contribution in [0.1, 0.15) is 0 Å². The third kappa shape index (κ3) is 17.4. The second kappa shape index (κ2) is 24.1. The van der Waals surface area contributed by atoms with E-state index in [-0.39, 0.29) is 84.1 Å². The van der Waals surface area contributed by atoms with Crippen molar-refractivity contribution in [2.75, 3.05) is 26.4 Å². The van der Waals surface area contributed by atoms with Gasteiger partial charge < -0.3 is 39.4 Å². The Morgan fingerprint density at radius 1 is 0.412 bits per heavy atom. The smallest absolute Gasteiger partial charge is 0.852 e. The summed E-state index contributed by atoms with van der Waals surface area (Å²) in [5.74, 6) is 0. The van der Waals surface area contributed by atoms with E-state index in [2.05, 4.69) is 0 Å². The summed E-state index contributed by atoms with van der Waals surface area (Å²) >= 11 is 0. The monoisotopic (exact) mass is 561 g/mol. The van der Waals surface area contributed by atoms with Crippen LogP contribution in [0.3, 0.4) is 0 Å². The minimum atomic E-state index is -0.236. The van der Waals surface area contributed by atoms with Gasteiger partial charge in [-0.25, -0.2) is 0 Å². The van der Waals surface area contributed by atoms with Gasteiger partial charge in [0.2, 0.25) is 0 Å². The number of allylic oxidation sites excluding steroid dienone is 8. The van der Waals surface area contributed by atoms with Crippen LogP contribution in [0.15, 0.2) is 98.0 Å². The van der Waals surface area contributed by atoms with E-state index >= 15 is 0 Å². The van der Waals surface area contributed by atoms with E-state index in [0.29, 0.717) is 0 Å². The number of rotatable bonds is 4. The second-order valence-electron chi connectivity index (χ2n) is 6.22. The minimum Gasteiger partial charge on any atom is -0.852 e. The summed E-state index contributed by atoms with van der Waals surface area (Å²) in [5, 5.41) is 40.3. The zero-order chi connectivity index (χ0) is 23.3. The van der Waals surface area contributed by atoms with E-state index in [4.69, 9.17) is 18.9 Å². The number of ether oxygens (including phenoxy) is 4. The van der Waals surface area contributed by atoms with Crippen molar-refractivity contribution in [3.8, 4) is 0 Å². The van der Waals surface area contributed by atoms with Gasteiger partial charge in [0, 0.05) is 0 Å². The van der Waals surface area contributed by atoms with Gasteiger partial charge in [-0.05, 0) is 48.6 Å². The predicted octanol–water partition coefficient (Wildman–Crippen LogP) is -0.743. The van der Waals surface area contributed by atoms with Gasteiger partial charge in [0.1, 0.15) is 24.4 Å². The Bertz CT molecular complexity index is 596. The molecule has 0 saturated carbocycles. The quantitative estimate of drug-likeness (QED) is 0.410. The first kappa shape index (κ1) is 34.1. The van der Waals surface area contributed by atoms with Crippen LogP contribution in [-0.4, -0.2) is 50.8 Å². The zero-order valence-electron chi connectivity index (χ0n) is 18.3. The average Bonchev–Trinajstić information content (AvgIpc) is 2.91. The molecule has 4 atom stereocenters. The van der Waals surface area contributed by atoms with Crippen molar-refractivity contribution in [3.05, 3.63) is 98.0 Å². The Morgan fingerprint density at radius 2 is 0.618 bits per heavy atom. The normalized spacial score (nSPS) is 23.9. The maximum absolute atomic E-state index is 10.1. The molecule has 0 N–H and O–H groups in total. The van der Waals surface area contributed by atoms with Gasteiger partial charge in [-0.3, -0.25) is 0 Å². The SMILES string of the molecule is [Co+2].[Ni+2].[O-]CC1C=CC=CO1.[O-]CC1C=CC=CO1.[O-]CC1C=CC=CO1.[O-]CC1C=CC=CO1. The van der Waals surface area contributed by atoms with Crippen LogP contribution < -0.4 is 20.4 Å². The van der Waals surface area contributed by atoms with Crippen LogP contribution in [0.5, 0.6) is 0 Å². The third-order valence-electron chi connectivity index (χ3n) is 3.73. The van der Waals surface area contributed by atoms with Crippen LogP contribution in [0.25, 0.3) is 0 Å². The van der Waals surface area contributed by atoms with Crippen molar-refractivity contribution in [2.24, 2.45) is 0 Å². The predicted molar refractivity (Wildman–Crippen MR) is 112 cm³/mol. The molecule has 10 heteroatoms. The van der Waals surface area contributed by atoms with E-state index in [1.54, 1.807) is 48.6 Å². The molecule has 0 bridgehead atoms. The molecule has 0 fully saturated rings. The van der Waals surface area contributed by atoms with Gasteiger partial charge in [0.05, 0.1) is 25.0 Å². The van der Waals surface area contributed by atoms with Crippen LogP contribution in [0.4, 0.5) is 0 Å². The molecule has 0 aromatic carbocycles. The van der Waals surface area contributed by atoms with Crippen LogP contribution in [0.2, 0.25) is 0 Å². The second-order valence-corrected chi connectivity index (χ2v) is 6.22. The van der Waals surface area contributed by atoms with Crippen molar-refractivity contribution in [3.63, 3.8) is 0 Å². The molecule has 0 aromatic heterocycles. The summed E-state index contributed by atoms with van der Waals surface area (Å²) in [4.78, 5) is 0. The summed E-state index contributed by atoms with van der Waals surface area (Å²) in [7, 11) is 0. The molecule has 0 saturated heterocycles. The van der Waals surface area contributed by atoms with Crippen molar-refractivity contribution in [1.82, 2.24) is 0 Å². The topological polar surface area (TPSA) is 129 Å². The standard InChI is InChI=1S/4C6H7O2.Co.Ni/c4*7-5-6-3-1-2-4-8-6;;/h4*1-4,6H,5H2;;/q4*-1;2*+2. The van der Waals surface area contributed by atoms with Gasteiger partial charge in [-0.15, -0.1) is 0 Å². The number of hydrogen-bond donors (Lipinski definition) is 0. The van der Waals surface area contributed by atoms with Gasteiger partial charge in [0.15, 0.2) is 0 Å². The fourth-order valence-electron chi connectivity index (χ4n) is 2.08. The van der Waals surface area contributed by atoms with Crippen LogP contribution >= 0.6 is 0 Å². The molecule has 1 radical (unpaired) electrons. The summed E-state index contributed by atoms with van der Waals surface area (Å²) in [6, 6.07) is 0. The Morgan fingerprint density at radius 3 is 0.706 bits per heavy atom. The first-order valence-corrected chi connectivity index (χ1v) is 10.0. The van der Waals surface area contributed by atoms with Crippen LogP contribution in [-0.2, 0) is 52.2 Å². The Hall–Kier alpha value is -2.04. The molecular weight excluding hydrogens is 534 g/mol. The van der Waals surface area contributed by atoms with Gasteiger partial charge >= 0.3 is 33.3 Å². The molecule has 0 amide bonds. The van der Waals surface area contributed by atoms with Gasteiger partial charge in [-0.1, -0.05) is 50.7 Å². The van der Waals surface area contributed by atoms with Crippen molar-refractivity contribution in [2.45, 2.75) is 24.4 Å². The minimum absolute atomic E-state index is 0. The largest absolute Gasteiger partial charge is 2.00 e. The maximum atomic E-state index is 10.1.